The molecule has 1 rings (SSSR count). The maximum Gasteiger partial charge on any atom is 0.275 e. The molecule has 1 N–H and O–H groups in total. The molecule has 16 heavy (non-hydrogen) atoms. The molecule has 0 aliphatic rings. The summed E-state index contributed by atoms with van der Waals surface area (Å²) in [6, 6.07) is 3.65. The Hall–Kier alpha value is -1.58. The first-order valence-electron chi connectivity index (χ1n) is 5.41. The van der Waals surface area contributed by atoms with E-state index >= 15 is 0 Å². The van der Waals surface area contributed by atoms with Gasteiger partial charge in [-0.25, -0.2) is 0 Å². The second kappa shape index (κ2) is 4.96. The Morgan fingerprint density at radius 2 is 1.81 bits per heavy atom. The average Bonchev–Trinajstić information content (AvgIpc) is 2.12. The molecule has 0 aliphatic heterocycles. The van der Waals surface area contributed by atoms with Crippen molar-refractivity contribution < 1.29 is 4.92 Å². The molecule has 4 heteroatoms. The number of anilines is 1. The van der Waals surface area contributed by atoms with E-state index in [1.165, 1.54) is 0 Å². The van der Waals surface area contributed by atoms with E-state index in [0.29, 0.717) is 17.0 Å². The third-order valence-electron chi connectivity index (χ3n) is 2.39. The molecule has 0 heterocycles. The van der Waals surface area contributed by atoms with Crippen LogP contribution in [0.15, 0.2) is 12.1 Å². The number of nitrogens with zero attached hydrogens (tertiary/aromatic N) is 1. The van der Waals surface area contributed by atoms with Gasteiger partial charge in [-0.1, -0.05) is 13.8 Å². The normalized spacial score (nSPS) is 10.6. The number of benzene rings is 1. The minimum atomic E-state index is -0.323. The van der Waals surface area contributed by atoms with Crippen molar-refractivity contribution in [2.24, 2.45) is 5.92 Å². The van der Waals surface area contributed by atoms with Crippen LogP contribution in [-0.4, -0.2) is 11.5 Å². The van der Waals surface area contributed by atoms with Gasteiger partial charge < -0.3 is 5.32 Å². The number of rotatable bonds is 4. The minimum absolute atomic E-state index is 0.218. The molecule has 1 aromatic carbocycles. The summed E-state index contributed by atoms with van der Waals surface area (Å²) < 4.78 is 0. The Morgan fingerprint density at radius 3 is 2.19 bits per heavy atom. The quantitative estimate of drug-likeness (QED) is 0.628. The van der Waals surface area contributed by atoms with Gasteiger partial charge in [0, 0.05) is 23.4 Å². The topological polar surface area (TPSA) is 55.2 Å². The summed E-state index contributed by atoms with van der Waals surface area (Å²) in [6.45, 7) is 8.66. The summed E-state index contributed by atoms with van der Waals surface area (Å²) >= 11 is 0. The van der Waals surface area contributed by atoms with Gasteiger partial charge >= 0.3 is 0 Å². The SMILES string of the molecule is Cc1cc(NCC(C)C)cc(C)c1[N+](=O)[O-]. The fourth-order valence-corrected chi connectivity index (χ4v) is 1.67. The number of hydrogen-bond donors (Lipinski definition) is 1. The molecular formula is C12H18N2O2. The van der Waals surface area contributed by atoms with Crippen molar-refractivity contribution in [1.82, 2.24) is 0 Å². The molecule has 4 nitrogen and oxygen atoms in total. The van der Waals surface area contributed by atoms with E-state index in [9.17, 15) is 10.1 Å². The van der Waals surface area contributed by atoms with E-state index in [1.54, 1.807) is 13.8 Å². The summed E-state index contributed by atoms with van der Waals surface area (Å²) in [5.74, 6) is 0.552. The van der Waals surface area contributed by atoms with Crippen LogP contribution in [0, 0.1) is 29.9 Å². The zero-order valence-corrected chi connectivity index (χ0v) is 10.2. The van der Waals surface area contributed by atoms with E-state index in [0.717, 1.165) is 12.2 Å². The van der Waals surface area contributed by atoms with Gasteiger partial charge in [-0.2, -0.15) is 0 Å². The van der Waals surface area contributed by atoms with E-state index in [-0.39, 0.29) is 10.6 Å². The number of nitrogens with one attached hydrogen (secondary N) is 1. The Bertz CT molecular complexity index is 377. The third-order valence-corrected chi connectivity index (χ3v) is 2.39. The maximum atomic E-state index is 10.8. The Labute approximate surface area is 95.8 Å². The van der Waals surface area contributed by atoms with Gasteiger partial charge in [0.25, 0.3) is 5.69 Å². The summed E-state index contributed by atoms with van der Waals surface area (Å²) in [5, 5.41) is 14.1. The molecule has 88 valence electrons. The number of nitro groups is 1. The lowest BCUT2D eigenvalue weighted by atomic mass is 10.1. The molecule has 0 saturated carbocycles. The first-order chi connectivity index (χ1) is 7.41. The molecular weight excluding hydrogens is 204 g/mol. The zero-order valence-electron chi connectivity index (χ0n) is 10.2. The molecule has 0 aromatic heterocycles. The van der Waals surface area contributed by atoms with E-state index < -0.39 is 0 Å². The van der Waals surface area contributed by atoms with Crippen LogP contribution in [0.1, 0.15) is 25.0 Å². The molecule has 0 unspecified atom stereocenters. The first-order valence-corrected chi connectivity index (χ1v) is 5.41. The lowest BCUT2D eigenvalue weighted by Crippen LogP contribution is -2.08. The molecule has 1 aromatic rings. The van der Waals surface area contributed by atoms with E-state index in [1.807, 2.05) is 12.1 Å². The highest BCUT2D eigenvalue weighted by molar-refractivity contribution is 5.58. The van der Waals surface area contributed by atoms with Crippen molar-refractivity contribution in [3.8, 4) is 0 Å². The molecule has 0 amide bonds. The zero-order chi connectivity index (χ0) is 12.3. The van der Waals surface area contributed by atoms with Crippen LogP contribution in [0.3, 0.4) is 0 Å². The van der Waals surface area contributed by atoms with E-state index in [2.05, 4.69) is 19.2 Å². The fraction of sp³-hybridized carbons (Fsp3) is 0.500. The van der Waals surface area contributed by atoms with Crippen molar-refractivity contribution in [2.45, 2.75) is 27.7 Å². The fourth-order valence-electron chi connectivity index (χ4n) is 1.67. The third kappa shape index (κ3) is 2.95. The smallest absolute Gasteiger partial charge is 0.275 e. The van der Waals surface area contributed by atoms with Crippen molar-refractivity contribution >= 4 is 11.4 Å². The summed E-state index contributed by atoms with van der Waals surface area (Å²) in [5.41, 5.74) is 2.58. The van der Waals surface area contributed by atoms with Gasteiger partial charge in [0.15, 0.2) is 0 Å². The Morgan fingerprint density at radius 1 is 1.31 bits per heavy atom. The van der Waals surface area contributed by atoms with Crippen LogP contribution in [0.5, 0.6) is 0 Å². The Kier molecular flexibility index (Phi) is 3.88. The predicted octanol–water partition coefficient (Wildman–Crippen LogP) is 3.28. The first kappa shape index (κ1) is 12.5. The van der Waals surface area contributed by atoms with Crippen molar-refractivity contribution in [3.63, 3.8) is 0 Å². The van der Waals surface area contributed by atoms with E-state index in [4.69, 9.17) is 0 Å². The summed E-state index contributed by atoms with van der Waals surface area (Å²) in [4.78, 5) is 10.5. The van der Waals surface area contributed by atoms with Crippen LogP contribution in [0.2, 0.25) is 0 Å². The van der Waals surface area contributed by atoms with Crippen molar-refractivity contribution in [1.29, 1.82) is 0 Å². The van der Waals surface area contributed by atoms with Gasteiger partial charge in [-0.05, 0) is 31.9 Å². The summed E-state index contributed by atoms with van der Waals surface area (Å²) in [6.07, 6.45) is 0. The summed E-state index contributed by atoms with van der Waals surface area (Å²) in [7, 11) is 0. The van der Waals surface area contributed by atoms with Crippen LogP contribution in [-0.2, 0) is 0 Å². The molecule has 0 atom stereocenters. The molecule has 0 radical (unpaired) electrons. The van der Waals surface area contributed by atoms with Gasteiger partial charge in [0.05, 0.1) is 4.92 Å². The standard InChI is InChI=1S/C12H18N2O2/c1-8(2)7-13-11-5-9(3)12(14(15)16)10(4)6-11/h5-6,8,13H,7H2,1-4H3. The Balaban J connectivity index is 2.96. The molecule has 0 aliphatic carbocycles. The van der Waals surface area contributed by atoms with Gasteiger partial charge in [0.1, 0.15) is 0 Å². The van der Waals surface area contributed by atoms with Crippen LogP contribution in [0.25, 0.3) is 0 Å². The maximum absolute atomic E-state index is 10.8. The van der Waals surface area contributed by atoms with Crippen LogP contribution in [0.4, 0.5) is 11.4 Å². The lowest BCUT2D eigenvalue weighted by molar-refractivity contribution is -0.386. The predicted molar refractivity (Wildman–Crippen MR) is 65.9 cm³/mol. The largest absolute Gasteiger partial charge is 0.385 e. The monoisotopic (exact) mass is 222 g/mol. The molecule has 0 fully saturated rings. The molecule has 0 saturated heterocycles. The highest BCUT2D eigenvalue weighted by Gasteiger charge is 2.15. The van der Waals surface area contributed by atoms with Crippen molar-refractivity contribution in [2.75, 3.05) is 11.9 Å². The number of hydrogen-bond acceptors (Lipinski definition) is 3. The second-order valence-corrected chi connectivity index (χ2v) is 4.49. The molecule has 0 bridgehead atoms. The highest BCUT2D eigenvalue weighted by Crippen LogP contribution is 2.26. The molecule has 0 spiro atoms. The van der Waals surface area contributed by atoms with Gasteiger partial charge in [0.2, 0.25) is 0 Å². The van der Waals surface area contributed by atoms with Crippen molar-refractivity contribution in [3.05, 3.63) is 33.4 Å². The average molecular weight is 222 g/mol. The van der Waals surface area contributed by atoms with Gasteiger partial charge in [-0.3, -0.25) is 10.1 Å². The number of aryl methyl sites for hydroxylation is 2. The highest BCUT2D eigenvalue weighted by atomic mass is 16.6. The van der Waals surface area contributed by atoms with Gasteiger partial charge in [-0.15, -0.1) is 0 Å². The lowest BCUT2D eigenvalue weighted by Gasteiger charge is -2.11. The second-order valence-electron chi connectivity index (χ2n) is 4.49. The minimum Gasteiger partial charge on any atom is -0.385 e. The van der Waals surface area contributed by atoms with Crippen LogP contribution < -0.4 is 5.32 Å². The number of nitro benzene ring substituents is 1. The van der Waals surface area contributed by atoms with Crippen LogP contribution >= 0.6 is 0 Å².